The number of carbonyl (C=O) groups excluding carboxylic acids is 1. The number of hydrogen-bond acceptors (Lipinski definition) is 3. The molecule has 184 valence electrons. The van der Waals surface area contributed by atoms with Crippen LogP contribution in [-0.4, -0.2) is 30.6 Å². The molecule has 1 aliphatic carbocycles. The number of aromatic nitrogens is 1. The second kappa shape index (κ2) is 11.0. The van der Waals surface area contributed by atoms with Gasteiger partial charge in [0.15, 0.2) is 0 Å². The molecule has 0 saturated heterocycles. The van der Waals surface area contributed by atoms with Crippen LogP contribution < -0.4 is 5.32 Å². The molecule has 0 bridgehead atoms. The van der Waals surface area contributed by atoms with Crippen LogP contribution in [-0.2, 0) is 22.1 Å². The SMILES string of the molecule is COCCC1C[C@@H](NC(=O)Cc2cc(C(F)(F)F)cnc2-c2ccccc2)[C@H](c2ccccc2)C1. The predicted octanol–water partition coefficient (Wildman–Crippen LogP) is 6.03. The van der Waals surface area contributed by atoms with Crippen molar-refractivity contribution in [3.8, 4) is 11.3 Å². The van der Waals surface area contributed by atoms with E-state index in [4.69, 9.17) is 4.74 Å². The molecule has 1 unspecified atom stereocenters. The number of pyridine rings is 1. The molecule has 1 N–H and O–H groups in total. The van der Waals surface area contributed by atoms with Crippen molar-refractivity contribution in [2.75, 3.05) is 13.7 Å². The molecule has 0 spiro atoms. The molecule has 1 aromatic heterocycles. The molecule has 3 aromatic rings. The van der Waals surface area contributed by atoms with Gasteiger partial charge in [0, 0.05) is 37.4 Å². The van der Waals surface area contributed by atoms with Gasteiger partial charge in [-0.25, -0.2) is 0 Å². The highest BCUT2D eigenvalue weighted by atomic mass is 19.4. The lowest BCUT2D eigenvalue weighted by molar-refractivity contribution is -0.138. The summed E-state index contributed by atoms with van der Waals surface area (Å²) in [6, 6.07) is 20.0. The molecule has 1 saturated carbocycles. The summed E-state index contributed by atoms with van der Waals surface area (Å²) in [5, 5.41) is 3.13. The largest absolute Gasteiger partial charge is 0.417 e. The van der Waals surface area contributed by atoms with Gasteiger partial charge in [-0.1, -0.05) is 60.7 Å². The van der Waals surface area contributed by atoms with Gasteiger partial charge >= 0.3 is 6.18 Å². The lowest BCUT2D eigenvalue weighted by atomic mass is 9.93. The van der Waals surface area contributed by atoms with E-state index < -0.39 is 11.7 Å². The summed E-state index contributed by atoms with van der Waals surface area (Å²) in [5.41, 5.74) is 1.62. The summed E-state index contributed by atoms with van der Waals surface area (Å²) in [6.45, 7) is 0.656. The number of amides is 1. The number of hydrogen-bond donors (Lipinski definition) is 1. The quantitative estimate of drug-likeness (QED) is 0.427. The van der Waals surface area contributed by atoms with Gasteiger partial charge in [0.2, 0.25) is 5.91 Å². The molecule has 1 amide bonds. The van der Waals surface area contributed by atoms with Gasteiger partial charge in [-0.3, -0.25) is 9.78 Å². The van der Waals surface area contributed by atoms with Gasteiger partial charge in [0.1, 0.15) is 0 Å². The van der Waals surface area contributed by atoms with Crippen LogP contribution in [0.15, 0.2) is 72.9 Å². The summed E-state index contributed by atoms with van der Waals surface area (Å²) >= 11 is 0. The topological polar surface area (TPSA) is 51.2 Å². The third-order valence-corrected chi connectivity index (χ3v) is 6.66. The first-order valence-corrected chi connectivity index (χ1v) is 11.8. The van der Waals surface area contributed by atoms with Gasteiger partial charge in [-0.2, -0.15) is 13.2 Å². The Hall–Kier alpha value is -3.19. The Kier molecular flexibility index (Phi) is 7.86. The average molecular weight is 483 g/mol. The van der Waals surface area contributed by atoms with E-state index in [1.807, 2.05) is 24.3 Å². The highest BCUT2D eigenvalue weighted by Crippen LogP contribution is 2.40. The highest BCUT2D eigenvalue weighted by Gasteiger charge is 2.36. The van der Waals surface area contributed by atoms with Crippen molar-refractivity contribution in [1.82, 2.24) is 10.3 Å². The van der Waals surface area contributed by atoms with Crippen LogP contribution in [0.4, 0.5) is 13.2 Å². The Balaban J connectivity index is 1.56. The molecule has 7 heteroatoms. The van der Waals surface area contributed by atoms with Crippen LogP contribution in [0.3, 0.4) is 0 Å². The summed E-state index contributed by atoms with van der Waals surface area (Å²) in [5.74, 6) is 0.248. The summed E-state index contributed by atoms with van der Waals surface area (Å²) in [4.78, 5) is 17.3. The second-order valence-corrected chi connectivity index (χ2v) is 9.08. The maximum Gasteiger partial charge on any atom is 0.417 e. The molecule has 35 heavy (non-hydrogen) atoms. The normalized spacial score (nSPS) is 20.1. The number of benzene rings is 2. The fourth-order valence-corrected chi connectivity index (χ4v) is 4.98. The minimum Gasteiger partial charge on any atom is -0.385 e. The second-order valence-electron chi connectivity index (χ2n) is 9.08. The fourth-order valence-electron chi connectivity index (χ4n) is 4.98. The van der Waals surface area contributed by atoms with Crippen LogP contribution in [0.5, 0.6) is 0 Å². The number of halogens is 3. The first-order valence-electron chi connectivity index (χ1n) is 11.8. The molecular formula is C28H29F3N2O2. The van der Waals surface area contributed by atoms with Crippen molar-refractivity contribution in [2.45, 2.75) is 43.8 Å². The maximum atomic E-state index is 13.4. The lowest BCUT2D eigenvalue weighted by Gasteiger charge is -2.22. The van der Waals surface area contributed by atoms with Crippen molar-refractivity contribution in [3.63, 3.8) is 0 Å². The zero-order chi connectivity index (χ0) is 24.8. The number of nitrogens with zero attached hydrogens (tertiary/aromatic N) is 1. The summed E-state index contributed by atoms with van der Waals surface area (Å²) < 4.78 is 45.4. The van der Waals surface area contributed by atoms with Crippen LogP contribution >= 0.6 is 0 Å². The standard InChI is InChI=1S/C28H29F3N2O2/c1-35-13-12-19-14-24(20-8-4-2-5-9-20)25(15-19)33-26(34)17-22-16-23(28(29,30)31)18-32-27(22)21-10-6-3-7-11-21/h2-11,16,18-19,24-25H,12-15,17H2,1H3,(H,33,34)/t19?,24-,25+/m0/s1. The van der Waals surface area contributed by atoms with Gasteiger partial charge in [-0.05, 0) is 42.4 Å². The average Bonchev–Trinajstić information content (AvgIpc) is 3.25. The highest BCUT2D eigenvalue weighted by molar-refractivity contribution is 5.81. The Morgan fingerprint density at radius 2 is 1.74 bits per heavy atom. The predicted molar refractivity (Wildman–Crippen MR) is 129 cm³/mol. The van der Waals surface area contributed by atoms with E-state index in [0.717, 1.165) is 37.1 Å². The molecule has 0 aliphatic heterocycles. The number of carbonyl (C=O) groups is 1. The summed E-state index contributed by atoms with van der Waals surface area (Å²) in [7, 11) is 1.68. The van der Waals surface area contributed by atoms with Crippen LogP contribution in [0.2, 0.25) is 0 Å². The number of alkyl halides is 3. The van der Waals surface area contributed by atoms with E-state index in [-0.39, 0.29) is 29.9 Å². The number of nitrogens with one attached hydrogen (secondary N) is 1. The molecule has 4 rings (SSSR count). The zero-order valence-corrected chi connectivity index (χ0v) is 19.6. The maximum absolute atomic E-state index is 13.4. The molecule has 1 heterocycles. The Bertz CT molecular complexity index is 1120. The molecular weight excluding hydrogens is 453 g/mol. The Labute approximate surface area is 203 Å². The van der Waals surface area contributed by atoms with Crippen molar-refractivity contribution >= 4 is 5.91 Å². The van der Waals surface area contributed by atoms with Crippen molar-refractivity contribution < 1.29 is 22.7 Å². The Morgan fingerprint density at radius 1 is 1.06 bits per heavy atom. The first-order chi connectivity index (χ1) is 16.8. The van der Waals surface area contributed by atoms with E-state index in [0.29, 0.717) is 23.8 Å². The monoisotopic (exact) mass is 482 g/mol. The molecule has 2 aromatic carbocycles. The van der Waals surface area contributed by atoms with Crippen molar-refractivity contribution in [2.24, 2.45) is 5.92 Å². The van der Waals surface area contributed by atoms with Gasteiger partial charge in [0.05, 0.1) is 17.7 Å². The number of ether oxygens (including phenoxy) is 1. The van der Waals surface area contributed by atoms with Gasteiger partial charge < -0.3 is 10.1 Å². The van der Waals surface area contributed by atoms with Crippen LogP contribution in [0.25, 0.3) is 11.3 Å². The Morgan fingerprint density at radius 3 is 2.40 bits per heavy atom. The summed E-state index contributed by atoms with van der Waals surface area (Å²) in [6.07, 6.45) is -1.25. The van der Waals surface area contributed by atoms with E-state index in [2.05, 4.69) is 22.4 Å². The fraction of sp³-hybridized carbons (Fsp3) is 0.357. The molecule has 1 fully saturated rings. The van der Waals surface area contributed by atoms with Crippen molar-refractivity contribution in [1.29, 1.82) is 0 Å². The lowest BCUT2D eigenvalue weighted by Crippen LogP contribution is -2.37. The third kappa shape index (κ3) is 6.28. The van der Waals surface area contributed by atoms with Crippen LogP contribution in [0, 0.1) is 5.92 Å². The van der Waals surface area contributed by atoms with E-state index in [1.165, 1.54) is 0 Å². The van der Waals surface area contributed by atoms with Gasteiger partial charge in [0.25, 0.3) is 0 Å². The molecule has 4 nitrogen and oxygen atoms in total. The van der Waals surface area contributed by atoms with E-state index >= 15 is 0 Å². The van der Waals surface area contributed by atoms with Crippen LogP contribution in [0.1, 0.15) is 41.9 Å². The minimum atomic E-state index is -4.54. The number of rotatable bonds is 8. The van der Waals surface area contributed by atoms with E-state index in [1.54, 1.807) is 31.4 Å². The molecule has 0 radical (unpaired) electrons. The zero-order valence-electron chi connectivity index (χ0n) is 19.6. The third-order valence-electron chi connectivity index (χ3n) is 6.66. The van der Waals surface area contributed by atoms with Gasteiger partial charge in [-0.15, -0.1) is 0 Å². The minimum absolute atomic E-state index is 0.0920. The molecule has 1 aliphatic rings. The molecule has 3 atom stereocenters. The first kappa shape index (κ1) is 24.9. The van der Waals surface area contributed by atoms with E-state index in [9.17, 15) is 18.0 Å². The van der Waals surface area contributed by atoms with Crippen molar-refractivity contribution in [3.05, 3.63) is 89.6 Å². The number of methoxy groups -OCH3 is 1. The smallest absolute Gasteiger partial charge is 0.385 e.